The van der Waals surface area contributed by atoms with Gasteiger partial charge in [0.1, 0.15) is 0 Å². The SMILES string of the molecule is CC(C)(C)N1CC(c2ccc(C(F)(F)F)cc2)C[C@H]1C(=O)N1CCOCC1. The van der Waals surface area contributed by atoms with Gasteiger partial charge >= 0.3 is 6.18 Å². The van der Waals surface area contributed by atoms with Gasteiger partial charge in [-0.2, -0.15) is 13.2 Å². The number of carbonyl (C=O) groups excluding carboxylic acids is 1. The molecule has 0 saturated carbocycles. The Bertz CT molecular complexity index is 661. The minimum atomic E-state index is -4.33. The van der Waals surface area contributed by atoms with Crippen LogP contribution in [-0.4, -0.2) is 60.1 Å². The Hall–Kier alpha value is -1.60. The third-order valence-electron chi connectivity index (χ3n) is 5.48. The van der Waals surface area contributed by atoms with Gasteiger partial charge < -0.3 is 9.64 Å². The van der Waals surface area contributed by atoms with Gasteiger partial charge in [0.15, 0.2) is 0 Å². The number of nitrogens with zero attached hydrogens (tertiary/aromatic N) is 2. The lowest BCUT2D eigenvalue weighted by molar-refractivity contribution is -0.141. The van der Waals surface area contributed by atoms with Crippen LogP contribution in [0.3, 0.4) is 0 Å². The average molecular weight is 384 g/mol. The number of hydrogen-bond donors (Lipinski definition) is 0. The Morgan fingerprint density at radius 1 is 1.07 bits per heavy atom. The quantitative estimate of drug-likeness (QED) is 0.782. The van der Waals surface area contributed by atoms with E-state index in [1.165, 1.54) is 0 Å². The molecule has 0 bridgehead atoms. The van der Waals surface area contributed by atoms with Crippen LogP contribution in [-0.2, 0) is 15.7 Å². The van der Waals surface area contributed by atoms with E-state index in [0.717, 1.165) is 17.7 Å². The third-order valence-corrected chi connectivity index (χ3v) is 5.48. The molecule has 0 spiro atoms. The molecule has 150 valence electrons. The molecule has 0 aromatic heterocycles. The maximum Gasteiger partial charge on any atom is 0.416 e. The molecule has 1 amide bonds. The van der Waals surface area contributed by atoms with E-state index < -0.39 is 11.7 Å². The molecule has 2 saturated heterocycles. The summed E-state index contributed by atoms with van der Waals surface area (Å²) in [5.74, 6) is 0.143. The predicted octanol–water partition coefficient (Wildman–Crippen LogP) is 3.52. The van der Waals surface area contributed by atoms with Crippen LogP contribution in [0.2, 0.25) is 0 Å². The molecule has 0 aliphatic carbocycles. The molecule has 2 atom stereocenters. The molecular formula is C20H27F3N2O2. The maximum atomic E-state index is 13.1. The molecule has 1 aromatic rings. The summed E-state index contributed by atoms with van der Waals surface area (Å²) in [6.07, 6.45) is -3.71. The van der Waals surface area contributed by atoms with Crippen LogP contribution in [0.15, 0.2) is 24.3 Å². The van der Waals surface area contributed by atoms with E-state index in [-0.39, 0.29) is 23.4 Å². The van der Waals surface area contributed by atoms with Gasteiger partial charge in [0.2, 0.25) is 5.91 Å². The van der Waals surface area contributed by atoms with Crippen molar-refractivity contribution >= 4 is 5.91 Å². The van der Waals surface area contributed by atoms with Gasteiger partial charge in [-0.1, -0.05) is 12.1 Å². The Labute approximate surface area is 158 Å². The standard InChI is InChI=1S/C20H27F3N2O2/c1-19(2,3)25-13-15(14-4-6-16(7-5-14)20(21,22)23)12-17(25)18(26)24-8-10-27-11-9-24/h4-7,15,17H,8-13H2,1-3H3/t15?,17-/m0/s1. The minimum Gasteiger partial charge on any atom is -0.378 e. The van der Waals surface area contributed by atoms with Crippen molar-refractivity contribution in [3.63, 3.8) is 0 Å². The van der Waals surface area contributed by atoms with Crippen molar-refractivity contribution in [2.24, 2.45) is 0 Å². The molecule has 4 nitrogen and oxygen atoms in total. The lowest BCUT2D eigenvalue weighted by atomic mass is 9.95. The molecule has 27 heavy (non-hydrogen) atoms. The summed E-state index contributed by atoms with van der Waals surface area (Å²) in [7, 11) is 0. The number of benzene rings is 1. The highest BCUT2D eigenvalue weighted by Gasteiger charge is 2.44. The topological polar surface area (TPSA) is 32.8 Å². The molecule has 1 unspecified atom stereocenters. The van der Waals surface area contributed by atoms with E-state index in [0.29, 0.717) is 39.3 Å². The van der Waals surface area contributed by atoms with Gasteiger partial charge in [0.05, 0.1) is 24.8 Å². The summed E-state index contributed by atoms with van der Waals surface area (Å²) in [6.45, 7) is 9.17. The Morgan fingerprint density at radius 2 is 1.67 bits per heavy atom. The van der Waals surface area contributed by atoms with Gasteiger partial charge in [-0.25, -0.2) is 0 Å². The van der Waals surface area contributed by atoms with E-state index in [4.69, 9.17) is 4.74 Å². The first-order valence-corrected chi connectivity index (χ1v) is 9.38. The van der Waals surface area contributed by atoms with Crippen molar-refractivity contribution in [2.75, 3.05) is 32.8 Å². The number of morpholine rings is 1. The fourth-order valence-corrected chi connectivity index (χ4v) is 3.99. The molecule has 2 fully saturated rings. The zero-order valence-electron chi connectivity index (χ0n) is 16.1. The molecule has 2 heterocycles. The van der Waals surface area contributed by atoms with Crippen molar-refractivity contribution in [1.82, 2.24) is 9.80 Å². The molecule has 3 rings (SSSR count). The highest BCUT2D eigenvalue weighted by atomic mass is 19.4. The summed E-state index contributed by atoms with van der Waals surface area (Å²) in [5, 5.41) is 0. The lowest BCUT2D eigenvalue weighted by Gasteiger charge is -2.39. The van der Waals surface area contributed by atoms with Crippen LogP contribution in [0, 0.1) is 0 Å². The Morgan fingerprint density at radius 3 is 2.19 bits per heavy atom. The largest absolute Gasteiger partial charge is 0.416 e. The molecule has 0 N–H and O–H groups in total. The normalized spacial score (nSPS) is 25.0. The second-order valence-corrected chi connectivity index (χ2v) is 8.33. The van der Waals surface area contributed by atoms with E-state index in [1.54, 1.807) is 12.1 Å². The zero-order valence-corrected chi connectivity index (χ0v) is 16.1. The summed E-state index contributed by atoms with van der Waals surface area (Å²) in [6, 6.07) is 5.11. The van der Waals surface area contributed by atoms with E-state index in [2.05, 4.69) is 25.7 Å². The van der Waals surface area contributed by atoms with Crippen molar-refractivity contribution in [3.8, 4) is 0 Å². The van der Waals surface area contributed by atoms with Crippen LogP contribution in [0.25, 0.3) is 0 Å². The first kappa shape index (κ1) is 20.1. The van der Waals surface area contributed by atoms with E-state index in [1.807, 2.05) is 4.90 Å². The van der Waals surface area contributed by atoms with Crippen LogP contribution in [0.5, 0.6) is 0 Å². The third kappa shape index (κ3) is 4.46. The Balaban J connectivity index is 1.79. The first-order valence-electron chi connectivity index (χ1n) is 9.38. The van der Waals surface area contributed by atoms with E-state index in [9.17, 15) is 18.0 Å². The van der Waals surface area contributed by atoms with Crippen LogP contribution < -0.4 is 0 Å². The molecular weight excluding hydrogens is 357 g/mol. The minimum absolute atomic E-state index is 0.0431. The van der Waals surface area contributed by atoms with Crippen molar-refractivity contribution < 1.29 is 22.7 Å². The highest BCUT2D eigenvalue weighted by molar-refractivity contribution is 5.82. The smallest absolute Gasteiger partial charge is 0.378 e. The predicted molar refractivity (Wildman–Crippen MR) is 96.4 cm³/mol. The molecule has 7 heteroatoms. The molecule has 2 aliphatic rings. The van der Waals surface area contributed by atoms with Crippen molar-refractivity contribution in [1.29, 1.82) is 0 Å². The number of amides is 1. The summed E-state index contributed by atoms with van der Waals surface area (Å²) in [4.78, 5) is 17.1. The van der Waals surface area contributed by atoms with Gasteiger partial charge in [-0.15, -0.1) is 0 Å². The van der Waals surface area contributed by atoms with Gasteiger partial charge in [-0.3, -0.25) is 9.69 Å². The van der Waals surface area contributed by atoms with E-state index >= 15 is 0 Å². The van der Waals surface area contributed by atoms with Gasteiger partial charge in [0.25, 0.3) is 0 Å². The van der Waals surface area contributed by atoms with Gasteiger partial charge in [-0.05, 0) is 50.8 Å². The maximum absolute atomic E-state index is 13.1. The first-order chi connectivity index (χ1) is 12.6. The number of hydrogen-bond acceptors (Lipinski definition) is 3. The van der Waals surface area contributed by atoms with Crippen LogP contribution in [0.4, 0.5) is 13.2 Å². The van der Waals surface area contributed by atoms with Crippen molar-refractivity contribution in [2.45, 2.75) is 50.9 Å². The summed E-state index contributed by atoms with van der Waals surface area (Å²) in [5.41, 5.74) is 0.0141. The number of ether oxygens (including phenoxy) is 1. The molecule has 1 aromatic carbocycles. The monoisotopic (exact) mass is 384 g/mol. The number of halogens is 3. The fourth-order valence-electron chi connectivity index (χ4n) is 3.99. The average Bonchev–Trinajstić information content (AvgIpc) is 3.07. The second-order valence-electron chi connectivity index (χ2n) is 8.33. The lowest BCUT2D eigenvalue weighted by Crippen LogP contribution is -2.54. The molecule has 0 radical (unpaired) electrons. The highest BCUT2D eigenvalue weighted by Crippen LogP contribution is 2.38. The van der Waals surface area contributed by atoms with Crippen LogP contribution in [0.1, 0.15) is 44.2 Å². The zero-order chi connectivity index (χ0) is 19.8. The number of alkyl halides is 3. The number of likely N-dealkylation sites (tertiary alicyclic amines) is 1. The molecule has 2 aliphatic heterocycles. The summed E-state index contributed by atoms with van der Waals surface area (Å²) >= 11 is 0. The van der Waals surface area contributed by atoms with Crippen LogP contribution >= 0.6 is 0 Å². The second kappa shape index (κ2) is 7.43. The van der Waals surface area contributed by atoms with Crippen molar-refractivity contribution in [3.05, 3.63) is 35.4 Å². The Kier molecular flexibility index (Phi) is 5.54. The van der Waals surface area contributed by atoms with Gasteiger partial charge in [0, 0.05) is 25.2 Å². The number of carbonyl (C=O) groups is 1. The number of rotatable bonds is 2. The fraction of sp³-hybridized carbons (Fsp3) is 0.650. The summed E-state index contributed by atoms with van der Waals surface area (Å²) < 4.78 is 43.8.